The molecule has 0 aliphatic rings. The molecule has 0 heterocycles. The van der Waals surface area contributed by atoms with Crippen molar-refractivity contribution in [2.24, 2.45) is 0 Å². The van der Waals surface area contributed by atoms with Gasteiger partial charge >= 0.3 is 6.09 Å². The second-order valence-corrected chi connectivity index (χ2v) is 6.19. The molecule has 0 N–H and O–H groups in total. The Morgan fingerprint density at radius 2 is 2.05 bits per heavy atom. The first-order chi connectivity index (χ1) is 9.11. The Kier molecular flexibility index (Phi) is 5.10. The van der Waals surface area contributed by atoms with Gasteiger partial charge in [-0.05, 0) is 26.8 Å². The summed E-state index contributed by atoms with van der Waals surface area (Å²) in [5, 5.41) is 11.0. The van der Waals surface area contributed by atoms with E-state index in [-0.39, 0.29) is 12.2 Å². The number of nitro benzene ring substituents is 1. The molecule has 0 saturated heterocycles. The zero-order valence-electron chi connectivity index (χ0n) is 11.8. The number of hydrogen-bond acceptors (Lipinski definition) is 4. The summed E-state index contributed by atoms with van der Waals surface area (Å²) in [5.74, 6) is 0. The van der Waals surface area contributed by atoms with Crippen LogP contribution in [-0.2, 0) is 11.3 Å². The van der Waals surface area contributed by atoms with Gasteiger partial charge in [-0.25, -0.2) is 4.79 Å². The highest BCUT2D eigenvalue weighted by Gasteiger charge is 2.23. The van der Waals surface area contributed by atoms with Crippen molar-refractivity contribution in [3.63, 3.8) is 0 Å². The number of nitro groups is 1. The number of carbonyl (C=O) groups excluding carboxylic acids is 1. The quantitative estimate of drug-likeness (QED) is 0.618. The first-order valence-corrected chi connectivity index (χ1v) is 6.77. The Hall–Kier alpha value is -1.63. The van der Waals surface area contributed by atoms with Gasteiger partial charge < -0.3 is 9.64 Å². The number of hydrogen-bond donors (Lipinski definition) is 0. The van der Waals surface area contributed by atoms with Crippen LogP contribution in [0.3, 0.4) is 0 Å². The van der Waals surface area contributed by atoms with E-state index in [1.165, 1.54) is 18.0 Å². The summed E-state index contributed by atoms with van der Waals surface area (Å²) < 4.78 is 5.80. The molecule has 0 spiro atoms. The van der Waals surface area contributed by atoms with Crippen LogP contribution in [0.5, 0.6) is 0 Å². The van der Waals surface area contributed by atoms with Gasteiger partial charge in [-0.2, -0.15) is 0 Å². The van der Waals surface area contributed by atoms with Crippen LogP contribution in [0.1, 0.15) is 26.3 Å². The van der Waals surface area contributed by atoms with E-state index >= 15 is 0 Å². The van der Waals surface area contributed by atoms with Crippen LogP contribution in [-0.4, -0.2) is 28.6 Å². The fraction of sp³-hybridized carbons (Fsp3) is 0.462. The third kappa shape index (κ3) is 4.48. The monoisotopic (exact) mass is 344 g/mol. The van der Waals surface area contributed by atoms with Crippen molar-refractivity contribution in [3.8, 4) is 0 Å². The second kappa shape index (κ2) is 6.21. The van der Waals surface area contributed by atoms with Crippen molar-refractivity contribution < 1.29 is 14.5 Å². The number of amides is 1. The third-order valence-corrected chi connectivity index (χ3v) is 3.13. The van der Waals surface area contributed by atoms with Crippen LogP contribution in [0.2, 0.25) is 0 Å². The lowest BCUT2D eigenvalue weighted by atomic mass is 10.1. The van der Waals surface area contributed by atoms with Gasteiger partial charge in [0.2, 0.25) is 0 Å². The van der Waals surface area contributed by atoms with Gasteiger partial charge in [-0.3, -0.25) is 10.1 Å². The van der Waals surface area contributed by atoms with Gasteiger partial charge in [0.15, 0.2) is 0 Å². The number of carbonyl (C=O) groups is 1. The van der Waals surface area contributed by atoms with E-state index in [0.717, 1.165) is 0 Å². The average Bonchev–Trinajstić information content (AvgIpc) is 2.28. The van der Waals surface area contributed by atoms with Crippen molar-refractivity contribution in [3.05, 3.63) is 38.3 Å². The molecule has 1 amide bonds. The molecule has 20 heavy (non-hydrogen) atoms. The number of benzene rings is 1. The lowest BCUT2D eigenvalue weighted by molar-refractivity contribution is -0.385. The molecule has 0 saturated carbocycles. The summed E-state index contributed by atoms with van der Waals surface area (Å²) in [6.45, 7) is 5.38. The highest BCUT2D eigenvalue weighted by molar-refractivity contribution is 9.10. The Bertz CT molecular complexity index is 526. The van der Waals surface area contributed by atoms with E-state index in [4.69, 9.17) is 4.74 Å². The topological polar surface area (TPSA) is 72.7 Å². The fourth-order valence-electron chi connectivity index (χ4n) is 1.52. The molecular weight excluding hydrogens is 328 g/mol. The Morgan fingerprint density at radius 1 is 1.45 bits per heavy atom. The molecule has 1 aromatic rings. The largest absolute Gasteiger partial charge is 0.444 e. The van der Waals surface area contributed by atoms with Crippen LogP contribution in [0.4, 0.5) is 10.5 Å². The maximum absolute atomic E-state index is 11.9. The predicted molar refractivity (Wildman–Crippen MR) is 78.5 cm³/mol. The molecule has 7 heteroatoms. The van der Waals surface area contributed by atoms with Crippen molar-refractivity contribution in [1.82, 2.24) is 4.90 Å². The smallest absolute Gasteiger partial charge is 0.410 e. The number of nitrogens with zero attached hydrogens (tertiary/aromatic N) is 2. The van der Waals surface area contributed by atoms with Crippen molar-refractivity contribution in [1.29, 1.82) is 0 Å². The van der Waals surface area contributed by atoms with E-state index in [2.05, 4.69) is 15.9 Å². The standard InChI is InChI=1S/C13H17BrN2O4/c1-13(2,3)20-12(17)15(4)8-9-10(14)6-5-7-11(9)16(18)19/h5-7H,8H2,1-4H3. The molecule has 0 fully saturated rings. The Labute approximate surface area is 126 Å². The molecule has 0 atom stereocenters. The van der Waals surface area contributed by atoms with E-state index in [9.17, 15) is 14.9 Å². The SMILES string of the molecule is CN(Cc1c(Br)cccc1[N+](=O)[O-])C(=O)OC(C)(C)C. The van der Waals surface area contributed by atoms with Crippen LogP contribution >= 0.6 is 15.9 Å². The van der Waals surface area contributed by atoms with Crippen LogP contribution in [0.15, 0.2) is 22.7 Å². The first kappa shape index (κ1) is 16.4. The first-order valence-electron chi connectivity index (χ1n) is 5.97. The van der Waals surface area contributed by atoms with Crippen molar-refractivity contribution in [2.75, 3.05) is 7.05 Å². The summed E-state index contributed by atoms with van der Waals surface area (Å²) in [7, 11) is 1.54. The van der Waals surface area contributed by atoms with E-state index in [1.807, 2.05) is 0 Å². The normalized spacial score (nSPS) is 11.1. The van der Waals surface area contributed by atoms with E-state index in [1.54, 1.807) is 32.9 Å². The van der Waals surface area contributed by atoms with Crippen LogP contribution < -0.4 is 0 Å². The van der Waals surface area contributed by atoms with Gasteiger partial charge in [0.05, 0.1) is 17.0 Å². The van der Waals surface area contributed by atoms with Gasteiger partial charge in [0.25, 0.3) is 5.69 Å². The number of ether oxygens (including phenoxy) is 1. The zero-order valence-corrected chi connectivity index (χ0v) is 13.4. The van der Waals surface area contributed by atoms with Gasteiger partial charge in [0.1, 0.15) is 5.60 Å². The average molecular weight is 345 g/mol. The molecule has 1 rings (SSSR count). The van der Waals surface area contributed by atoms with Crippen LogP contribution in [0.25, 0.3) is 0 Å². The minimum absolute atomic E-state index is 0.0326. The second-order valence-electron chi connectivity index (χ2n) is 5.33. The molecule has 0 aliphatic heterocycles. The van der Waals surface area contributed by atoms with Gasteiger partial charge in [-0.15, -0.1) is 0 Å². The van der Waals surface area contributed by atoms with Gasteiger partial charge in [-0.1, -0.05) is 22.0 Å². The number of rotatable bonds is 3. The fourth-order valence-corrected chi connectivity index (χ4v) is 2.00. The van der Waals surface area contributed by atoms with Crippen molar-refractivity contribution >= 4 is 27.7 Å². The van der Waals surface area contributed by atoms with Gasteiger partial charge in [0, 0.05) is 17.6 Å². The van der Waals surface area contributed by atoms with Crippen molar-refractivity contribution in [2.45, 2.75) is 32.9 Å². The lowest BCUT2D eigenvalue weighted by Crippen LogP contribution is -2.34. The Balaban J connectivity index is 2.93. The predicted octanol–water partition coefficient (Wildman–Crippen LogP) is 3.72. The zero-order chi connectivity index (χ0) is 15.5. The maximum atomic E-state index is 11.9. The molecule has 6 nitrogen and oxygen atoms in total. The minimum atomic E-state index is -0.606. The summed E-state index contributed by atoms with van der Waals surface area (Å²) in [5.41, 5.74) is -0.203. The third-order valence-electron chi connectivity index (χ3n) is 2.39. The van der Waals surface area contributed by atoms with E-state index in [0.29, 0.717) is 10.0 Å². The molecule has 0 aliphatic carbocycles. The molecule has 0 bridgehead atoms. The Morgan fingerprint density at radius 3 is 2.55 bits per heavy atom. The minimum Gasteiger partial charge on any atom is -0.444 e. The molecule has 0 aromatic heterocycles. The molecule has 0 unspecified atom stereocenters. The summed E-state index contributed by atoms with van der Waals surface area (Å²) in [6, 6.07) is 4.69. The number of halogens is 1. The molecule has 0 radical (unpaired) electrons. The highest BCUT2D eigenvalue weighted by atomic mass is 79.9. The summed E-state index contributed by atoms with van der Waals surface area (Å²) in [4.78, 5) is 23.7. The maximum Gasteiger partial charge on any atom is 0.410 e. The molecule has 1 aromatic carbocycles. The summed E-state index contributed by atoms with van der Waals surface area (Å²) >= 11 is 3.27. The van der Waals surface area contributed by atoms with Crippen LogP contribution in [0, 0.1) is 10.1 Å². The molecule has 110 valence electrons. The lowest BCUT2D eigenvalue weighted by Gasteiger charge is -2.24. The molecular formula is C13H17BrN2O4. The highest BCUT2D eigenvalue weighted by Crippen LogP contribution is 2.28. The summed E-state index contributed by atoms with van der Waals surface area (Å²) in [6.07, 6.45) is -0.525. The van der Waals surface area contributed by atoms with E-state index < -0.39 is 16.6 Å².